The zero-order chi connectivity index (χ0) is 27.9. The van der Waals surface area contributed by atoms with Gasteiger partial charge in [0.1, 0.15) is 0 Å². The molecule has 2 atom stereocenters. The van der Waals surface area contributed by atoms with E-state index in [4.69, 9.17) is 0 Å². The Kier molecular flexibility index (Phi) is 30.0. The SMILES string of the molecule is CCCCCCC/C=C/CCCC[C@@H](O)[C@H](CO)NC(=O)CCCCCCCCCCCCCCCCC. The summed E-state index contributed by atoms with van der Waals surface area (Å²) in [5, 5.41) is 22.9. The Morgan fingerprint density at radius 2 is 1.00 bits per heavy atom. The quantitative estimate of drug-likeness (QED) is 0.0631. The highest BCUT2D eigenvalue weighted by Gasteiger charge is 2.19. The van der Waals surface area contributed by atoms with Crippen LogP contribution in [0.15, 0.2) is 12.2 Å². The molecular weight excluding hydrogens is 470 g/mol. The molecule has 0 spiro atoms. The topological polar surface area (TPSA) is 69.6 Å². The van der Waals surface area contributed by atoms with Gasteiger partial charge in [0.25, 0.3) is 0 Å². The molecule has 1 amide bonds. The van der Waals surface area contributed by atoms with E-state index >= 15 is 0 Å². The molecule has 0 aromatic rings. The van der Waals surface area contributed by atoms with E-state index in [1.54, 1.807) is 0 Å². The molecule has 0 aliphatic rings. The number of nitrogens with one attached hydrogen (secondary N) is 1. The van der Waals surface area contributed by atoms with Gasteiger partial charge in [0, 0.05) is 6.42 Å². The van der Waals surface area contributed by atoms with E-state index in [0.717, 1.165) is 32.1 Å². The molecular formula is C34H67NO3. The molecule has 226 valence electrons. The Morgan fingerprint density at radius 1 is 0.605 bits per heavy atom. The molecule has 0 bridgehead atoms. The van der Waals surface area contributed by atoms with Gasteiger partial charge in [0.15, 0.2) is 0 Å². The predicted octanol–water partition coefficient (Wildman–Crippen LogP) is 9.56. The number of allylic oxidation sites excluding steroid dienone is 2. The van der Waals surface area contributed by atoms with Gasteiger partial charge in [-0.25, -0.2) is 0 Å². The van der Waals surface area contributed by atoms with Crippen LogP contribution in [0.25, 0.3) is 0 Å². The summed E-state index contributed by atoms with van der Waals surface area (Å²) in [5.74, 6) is -0.0420. The Bertz CT molecular complexity index is 508. The fourth-order valence-electron chi connectivity index (χ4n) is 5.12. The number of unbranched alkanes of at least 4 members (excludes halogenated alkanes) is 21. The number of hydrogen-bond acceptors (Lipinski definition) is 3. The minimum Gasteiger partial charge on any atom is -0.394 e. The molecule has 4 nitrogen and oxygen atoms in total. The van der Waals surface area contributed by atoms with Gasteiger partial charge in [0.05, 0.1) is 18.8 Å². The number of aliphatic hydroxyl groups is 2. The molecule has 0 rings (SSSR count). The molecule has 0 fully saturated rings. The molecule has 0 aliphatic heterocycles. The summed E-state index contributed by atoms with van der Waals surface area (Å²) in [6.07, 6.45) is 35.4. The van der Waals surface area contributed by atoms with Crippen molar-refractivity contribution in [2.75, 3.05) is 6.61 Å². The third-order valence-electron chi connectivity index (χ3n) is 7.78. The lowest BCUT2D eigenvalue weighted by Crippen LogP contribution is -2.45. The molecule has 0 saturated carbocycles. The average Bonchev–Trinajstić information content (AvgIpc) is 2.92. The van der Waals surface area contributed by atoms with Gasteiger partial charge < -0.3 is 15.5 Å². The van der Waals surface area contributed by atoms with Crippen molar-refractivity contribution in [3.05, 3.63) is 12.2 Å². The van der Waals surface area contributed by atoms with Crippen LogP contribution in [0.5, 0.6) is 0 Å². The van der Waals surface area contributed by atoms with Crippen LogP contribution in [0.1, 0.15) is 181 Å². The van der Waals surface area contributed by atoms with Gasteiger partial charge in [-0.05, 0) is 38.5 Å². The van der Waals surface area contributed by atoms with Crippen molar-refractivity contribution in [3.63, 3.8) is 0 Å². The summed E-state index contributed by atoms with van der Waals surface area (Å²) >= 11 is 0. The lowest BCUT2D eigenvalue weighted by atomic mass is 10.0. The molecule has 0 aromatic carbocycles. The molecule has 0 radical (unpaired) electrons. The van der Waals surface area contributed by atoms with Gasteiger partial charge in [-0.3, -0.25) is 4.79 Å². The number of amides is 1. The number of carbonyl (C=O) groups is 1. The first kappa shape index (κ1) is 37.1. The smallest absolute Gasteiger partial charge is 0.220 e. The summed E-state index contributed by atoms with van der Waals surface area (Å²) in [7, 11) is 0. The fourth-order valence-corrected chi connectivity index (χ4v) is 5.12. The Labute approximate surface area is 237 Å². The third kappa shape index (κ3) is 26.7. The molecule has 0 saturated heterocycles. The van der Waals surface area contributed by atoms with E-state index < -0.39 is 12.1 Å². The van der Waals surface area contributed by atoms with Crippen LogP contribution >= 0.6 is 0 Å². The maximum atomic E-state index is 12.3. The first-order valence-corrected chi connectivity index (χ1v) is 16.9. The summed E-state index contributed by atoms with van der Waals surface area (Å²) in [4.78, 5) is 12.3. The Morgan fingerprint density at radius 3 is 1.45 bits per heavy atom. The predicted molar refractivity (Wildman–Crippen MR) is 166 cm³/mol. The standard InChI is InChI=1S/C34H67NO3/c1-3-5-7-9-11-13-15-16-17-18-20-22-24-26-28-30-34(38)35-32(31-36)33(37)29-27-25-23-21-19-14-12-10-8-6-4-2/h19,21,32-33,36-37H,3-18,20,22-31H2,1-2H3,(H,35,38)/b21-19+/t32-,33+/m0/s1. The summed E-state index contributed by atoms with van der Waals surface area (Å²) in [6, 6.07) is -0.544. The van der Waals surface area contributed by atoms with Crippen LogP contribution in [0.4, 0.5) is 0 Å². The first-order valence-electron chi connectivity index (χ1n) is 16.9. The van der Waals surface area contributed by atoms with Gasteiger partial charge >= 0.3 is 0 Å². The van der Waals surface area contributed by atoms with Gasteiger partial charge in [-0.2, -0.15) is 0 Å². The van der Waals surface area contributed by atoms with Crippen LogP contribution < -0.4 is 5.32 Å². The second-order valence-electron chi connectivity index (χ2n) is 11.6. The molecule has 38 heavy (non-hydrogen) atoms. The van der Waals surface area contributed by atoms with E-state index in [9.17, 15) is 15.0 Å². The molecule has 0 aromatic heterocycles. The number of aliphatic hydroxyl groups excluding tert-OH is 2. The van der Waals surface area contributed by atoms with E-state index in [2.05, 4.69) is 31.3 Å². The first-order chi connectivity index (χ1) is 18.7. The monoisotopic (exact) mass is 538 g/mol. The van der Waals surface area contributed by atoms with Crippen LogP contribution in [0.3, 0.4) is 0 Å². The minimum absolute atomic E-state index is 0.0420. The summed E-state index contributed by atoms with van der Waals surface area (Å²) in [6.45, 7) is 4.32. The maximum absolute atomic E-state index is 12.3. The van der Waals surface area contributed by atoms with E-state index in [1.807, 2.05) is 0 Å². The highest BCUT2D eigenvalue weighted by molar-refractivity contribution is 5.76. The zero-order valence-corrected chi connectivity index (χ0v) is 25.7. The van der Waals surface area contributed by atoms with E-state index in [0.29, 0.717) is 12.8 Å². The van der Waals surface area contributed by atoms with Crippen molar-refractivity contribution in [2.24, 2.45) is 0 Å². The van der Waals surface area contributed by atoms with Gasteiger partial charge in [-0.15, -0.1) is 0 Å². The average molecular weight is 538 g/mol. The minimum atomic E-state index is -0.674. The Hall–Kier alpha value is -0.870. The van der Waals surface area contributed by atoms with Crippen molar-refractivity contribution in [3.8, 4) is 0 Å². The maximum Gasteiger partial charge on any atom is 0.220 e. The van der Waals surface area contributed by atoms with Crippen molar-refractivity contribution in [1.29, 1.82) is 0 Å². The second-order valence-corrected chi connectivity index (χ2v) is 11.6. The number of carbonyl (C=O) groups excluding carboxylic acids is 1. The van der Waals surface area contributed by atoms with Gasteiger partial charge in [-0.1, -0.05) is 148 Å². The van der Waals surface area contributed by atoms with Gasteiger partial charge in [0.2, 0.25) is 5.91 Å². The largest absolute Gasteiger partial charge is 0.394 e. The van der Waals surface area contributed by atoms with Crippen molar-refractivity contribution in [2.45, 2.75) is 193 Å². The second kappa shape index (κ2) is 30.7. The van der Waals surface area contributed by atoms with Crippen molar-refractivity contribution < 1.29 is 15.0 Å². The molecule has 4 heteroatoms. The van der Waals surface area contributed by atoms with E-state index in [1.165, 1.54) is 122 Å². The van der Waals surface area contributed by atoms with E-state index in [-0.39, 0.29) is 12.5 Å². The van der Waals surface area contributed by atoms with Crippen LogP contribution in [-0.2, 0) is 4.79 Å². The summed E-state index contributed by atoms with van der Waals surface area (Å²) < 4.78 is 0. The fraction of sp³-hybridized carbons (Fsp3) is 0.912. The van der Waals surface area contributed by atoms with Crippen molar-refractivity contribution in [1.82, 2.24) is 5.32 Å². The Balaban J connectivity index is 3.59. The molecule has 0 heterocycles. The lowest BCUT2D eigenvalue weighted by Gasteiger charge is -2.22. The third-order valence-corrected chi connectivity index (χ3v) is 7.78. The van der Waals surface area contributed by atoms with Crippen molar-refractivity contribution >= 4 is 5.91 Å². The molecule has 0 aliphatic carbocycles. The highest BCUT2D eigenvalue weighted by atomic mass is 16.3. The molecule has 3 N–H and O–H groups in total. The van der Waals surface area contributed by atoms with Crippen LogP contribution in [0, 0.1) is 0 Å². The van der Waals surface area contributed by atoms with Crippen LogP contribution in [0.2, 0.25) is 0 Å². The lowest BCUT2D eigenvalue weighted by molar-refractivity contribution is -0.123. The zero-order valence-electron chi connectivity index (χ0n) is 25.7. The highest BCUT2D eigenvalue weighted by Crippen LogP contribution is 2.14. The number of rotatable bonds is 30. The number of hydrogen-bond donors (Lipinski definition) is 3. The molecule has 0 unspecified atom stereocenters. The normalized spacial score (nSPS) is 13.3. The summed E-state index contributed by atoms with van der Waals surface area (Å²) in [5.41, 5.74) is 0. The van der Waals surface area contributed by atoms with Crippen LogP contribution in [-0.4, -0.2) is 34.9 Å².